The van der Waals surface area contributed by atoms with E-state index in [1.165, 1.54) is 55.8 Å². The second-order valence-corrected chi connectivity index (χ2v) is 8.77. The Morgan fingerprint density at radius 2 is 1.88 bits per heavy atom. The molecule has 2 heterocycles. The van der Waals surface area contributed by atoms with Gasteiger partial charge in [0.25, 0.3) is 0 Å². The lowest BCUT2D eigenvalue weighted by Crippen LogP contribution is -2.45. The van der Waals surface area contributed by atoms with Gasteiger partial charge in [-0.25, -0.2) is 4.68 Å². The Hall–Kier alpha value is -1.65. The van der Waals surface area contributed by atoms with Crippen LogP contribution in [0.2, 0.25) is 0 Å². The molecule has 1 aliphatic carbocycles. The molecular formula is C22H32N4. The second kappa shape index (κ2) is 7.16. The smallest absolute Gasteiger partial charge is 0.0648 e. The molecule has 4 nitrogen and oxygen atoms in total. The summed E-state index contributed by atoms with van der Waals surface area (Å²) in [5.74, 6) is 0. The van der Waals surface area contributed by atoms with Crippen molar-refractivity contribution >= 4 is 0 Å². The Morgan fingerprint density at radius 1 is 1.15 bits per heavy atom. The summed E-state index contributed by atoms with van der Waals surface area (Å²) in [6.45, 7) is 10.7. The van der Waals surface area contributed by atoms with Gasteiger partial charge in [0, 0.05) is 23.3 Å². The van der Waals surface area contributed by atoms with Gasteiger partial charge in [-0.05, 0) is 62.9 Å². The second-order valence-electron chi connectivity index (χ2n) is 8.77. The maximum atomic E-state index is 4.77. The number of hydrogen-bond donors (Lipinski definition) is 1. The van der Waals surface area contributed by atoms with Crippen LogP contribution in [0.4, 0.5) is 0 Å². The number of nitrogens with one attached hydrogen (secondary N) is 1. The highest BCUT2D eigenvalue weighted by Crippen LogP contribution is 2.41. The molecule has 2 aliphatic rings. The number of fused-ring (bicyclic) bond motifs is 1. The largest absolute Gasteiger partial charge is 0.307 e. The van der Waals surface area contributed by atoms with Crippen molar-refractivity contribution in [2.75, 3.05) is 19.6 Å². The summed E-state index contributed by atoms with van der Waals surface area (Å²) in [4.78, 5) is 2.56. The zero-order valence-corrected chi connectivity index (χ0v) is 16.4. The molecule has 0 amide bonds. The average Bonchev–Trinajstić information content (AvgIpc) is 3.05. The summed E-state index contributed by atoms with van der Waals surface area (Å²) in [6, 6.07) is 11.6. The maximum absolute atomic E-state index is 4.77. The molecule has 0 bridgehead atoms. The van der Waals surface area contributed by atoms with Crippen LogP contribution in [-0.2, 0) is 6.42 Å². The van der Waals surface area contributed by atoms with Gasteiger partial charge in [0.1, 0.15) is 0 Å². The van der Waals surface area contributed by atoms with Gasteiger partial charge in [0.05, 0.1) is 11.9 Å². The molecule has 1 aliphatic heterocycles. The van der Waals surface area contributed by atoms with E-state index in [1.54, 1.807) is 0 Å². The van der Waals surface area contributed by atoms with Gasteiger partial charge in [0.2, 0.25) is 0 Å². The van der Waals surface area contributed by atoms with Crippen LogP contribution in [0.5, 0.6) is 0 Å². The molecular weight excluding hydrogens is 320 g/mol. The van der Waals surface area contributed by atoms with Crippen molar-refractivity contribution in [2.45, 2.75) is 58.5 Å². The van der Waals surface area contributed by atoms with Gasteiger partial charge in [0.15, 0.2) is 0 Å². The van der Waals surface area contributed by atoms with Gasteiger partial charge in [-0.2, -0.15) is 5.10 Å². The topological polar surface area (TPSA) is 33.1 Å². The minimum absolute atomic E-state index is 0.293. The monoisotopic (exact) mass is 352 g/mol. The van der Waals surface area contributed by atoms with E-state index in [4.69, 9.17) is 5.10 Å². The molecule has 4 rings (SSSR count). The molecule has 1 atom stereocenters. The van der Waals surface area contributed by atoms with Gasteiger partial charge in [-0.3, -0.25) is 0 Å². The predicted molar refractivity (Wildman–Crippen MR) is 107 cm³/mol. The van der Waals surface area contributed by atoms with Gasteiger partial charge in [-0.15, -0.1) is 0 Å². The lowest BCUT2D eigenvalue weighted by atomic mass is 9.74. The first-order valence-corrected chi connectivity index (χ1v) is 10.2. The molecule has 0 spiro atoms. The number of nitrogens with zero attached hydrogens (tertiary/aromatic N) is 3. The van der Waals surface area contributed by atoms with Crippen molar-refractivity contribution in [3.8, 4) is 5.69 Å². The number of para-hydroxylation sites is 1. The molecule has 4 heteroatoms. The van der Waals surface area contributed by atoms with Crippen LogP contribution in [0.3, 0.4) is 0 Å². The summed E-state index contributed by atoms with van der Waals surface area (Å²) in [5, 5.41) is 8.77. The molecule has 0 radical (unpaired) electrons. The fourth-order valence-electron chi connectivity index (χ4n) is 4.68. The van der Waals surface area contributed by atoms with E-state index in [-0.39, 0.29) is 0 Å². The van der Waals surface area contributed by atoms with E-state index in [1.807, 2.05) is 0 Å². The van der Waals surface area contributed by atoms with E-state index in [9.17, 15) is 0 Å². The van der Waals surface area contributed by atoms with Crippen molar-refractivity contribution in [1.82, 2.24) is 20.0 Å². The van der Waals surface area contributed by atoms with E-state index >= 15 is 0 Å². The summed E-state index contributed by atoms with van der Waals surface area (Å²) in [7, 11) is 0. The molecule has 0 saturated carbocycles. The quantitative estimate of drug-likeness (QED) is 0.904. The fraction of sp³-hybridized carbons (Fsp3) is 0.591. The van der Waals surface area contributed by atoms with Crippen molar-refractivity contribution in [1.29, 1.82) is 0 Å². The van der Waals surface area contributed by atoms with Crippen LogP contribution in [0.1, 0.15) is 57.3 Å². The van der Waals surface area contributed by atoms with E-state index < -0.39 is 0 Å². The minimum Gasteiger partial charge on any atom is -0.307 e. The Bertz CT molecular complexity index is 726. The zero-order chi connectivity index (χ0) is 18.1. The molecule has 2 aromatic rings. The van der Waals surface area contributed by atoms with Crippen LogP contribution < -0.4 is 5.32 Å². The highest BCUT2D eigenvalue weighted by molar-refractivity contribution is 5.37. The first-order chi connectivity index (χ1) is 12.6. The third-order valence-electron chi connectivity index (χ3n) is 6.15. The van der Waals surface area contributed by atoms with E-state index in [0.29, 0.717) is 17.5 Å². The number of likely N-dealkylation sites (tertiary alicyclic amines) is 1. The number of hydrogen-bond acceptors (Lipinski definition) is 3. The highest BCUT2D eigenvalue weighted by atomic mass is 15.3. The van der Waals surface area contributed by atoms with Crippen LogP contribution in [0.15, 0.2) is 36.5 Å². The molecule has 1 saturated heterocycles. The fourth-order valence-corrected chi connectivity index (χ4v) is 4.68. The van der Waals surface area contributed by atoms with Crippen LogP contribution in [0, 0.1) is 5.41 Å². The highest BCUT2D eigenvalue weighted by Gasteiger charge is 2.36. The average molecular weight is 353 g/mol. The number of aromatic nitrogens is 2. The predicted octanol–water partition coefficient (Wildman–Crippen LogP) is 3.96. The van der Waals surface area contributed by atoms with Crippen molar-refractivity contribution in [3.05, 3.63) is 47.8 Å². The van der Waals surface area contributed by atoms with E-state index in [2.05, 4.69) is 72.2 Å². The van der Waals surface area contributed by atoms with Crippen LogP contribution in [-0.4, -0.2) is 40.4 Å². The Kier molecular flexibility index (Phi) is 4.89. The van der Waals surface area contributed by atoms with E-state index in [0.717, 1.165) is 6.42 Å². The van der Waals surface area contributed by atoms with Gasteiger partial charge >= 0.3 is 0 Å². The van der Waals surface area contributed by atoms with Gasteiger partial charge < -0.3 is 10.2 Å². The molecule has 26 heavy (non-hydrogen) atoms. The van der Waals surface area contributed by atoms with Crippen molar-refractivity contribution in [2.24, 2.45) is 5.41 Å². The van der Waals surface area contributed by atoms with Crippen molar-refractivity contribution < 1.29 is 0 Å². The van der Waals surface area contributed by atoms with Crippen molar-refractivity contribution in [3.63, 3.8) is 0 Å². The maximum Gasteiger partial charge on any atom is 0.0648 e. The Labute approximate surface area is 157 Å². The Balaban J connectivity index is 1.57. The standard InChI is InChI=1S/C22H32N4/c1-4-25-12-10-17(11-13-25)24-20-14-22(2,3)15-21-19(20)16-23-26(21)18-8-6-5-7-9-18/h5-9,16-17,20,24H,4,10-15H2,1-3H3/t20-/m0/s1. The van der Waals surface area contributed by atoms with Crippen LogP contribution in [0.25, 0.3) is 5.69 Å². The van der Waals surface area contributed by atoms with Gasteiger partial charge in [-0.1, -0.05) is 39.0 Å². The summed E-state index contributed by atoms with van der Waals surface area (Å²) in [5.41, 5.74) is 4.25. The SMILES string of the molecule is CCN1CCC(N[C@H]2CC(C)(C)Cc3c2cnn3-c2ccccc2)CC1. The summed E-state index contributed by atoms with van der Waals surface area (Å²) < 4.78 is 2.16. The molecule has 1 aromatic heterocycles. The third kappa shape index (κ3) is 3.58. The lowest BCUT2D eigenvalue weighted by Gasteiger charge is -2.39. The molecule has 1 aromatic carbocycles. The Morgan fingerprint density at radius 3 is 2.58 bits per heavy atom. The number of rotatable bonds is 4. The number of piperidine rings is 1. The first-order valence-electron chi connectivity index (χ1n) is 10.2. The molecule has 1 N–H and O–H groups in total. The zero-order valence-electron chi connectivity index (χ0n) is 16.4. The van der Waals surface area contributed by atoms with Crippen LogP contribution >= 0.6 is 0 Å². The lowest BCUT2D eigenvalue weighted by molar-refractivity contribution is 0.179. The minimum atomic E-state index is 0.293. The summed E-state index contributed by atoms with van der Waals surface area (Å²) >= 11 is 0. The molecule has 140 valence electrons. The molecule has 0 unspecified atom stereocenters. The molecule has 1 fully saturated rings. The normalized spacial score (nSPS) is 23.7. The number of benzene rings is 1. The summed E-state index contributed by atoms with van der Waals surface area (Å²) in [6.07, 6.45) is 6.90. The third-order valence-corrected chi connectivity index (χ3v) is 6.15. The first kappa shape index (κ1) is 17.7.